The van der Waals surface area contributed by atoms with Crippen molar-refractivity contribution in [3.63, 3.8) is 0 Å². The van der Waals surface area contributed by atoms with Crippen molar-refractivity contribution in [2.24, 2.45) is 0 Å². The van der Waals surface area contributed by atoms with Gasteiger partial charge in [0.25, 0.3) is 0 Å². The van der Waals surface area contributed by atoms with Crippen molar-refractivity contribution in [2.75, 3.05) is 13.2 Å². The van der Waals surface area contributed by atoms with E-state index in [1.54, 1.807) is 0 Å². The maximum atomic E-state index is 8.85. The Morgan fingerprint density at radius 1 is 0.750 bits per heavy atom. The van der Waals surface area contributed by atoms with E-state index in [9.17, 15) is 0 Å². The zero-order valence-corrected chi connectivity index (χ0v) is 14.5. The Kier molecular flexibility index (Phi) is 9.06. The highest BCUT2D eigenvalue weighted by molar-refractivity contribution is 14.1. The standard InChI is InChI=1S/C6H6I4O2/c7-3(1-11)5(9)6(10)4(8)2-12/h11-12H,1-2H2/b5-3-,6-4-. The number of hydrogen-bond donors (Lipinski definition) is 2. The molecule has 0 saturated heterocycles. The quantitative estimate of drug-likeness (QED) is 0.378. The van der Waals surface area contributed by atoms with Gasteiger partial charge in [-0.05, 0) is 90.4 Å². The van der Waals surface area contributed by atoms with Crippen molar-refractivity contribution in [2.45, 2.75) is 0 Å². The highest BCUT2D eigenvalue weighted by Crippen LogP contribution is 2.34. The van der Waals surface area contributed by atoms with Crippen molar-refractivity contribution in [3.05, 3.63) is 14.3 Å². The van der Waals surface area contributed by atoms with Crippen LogP contribution in [0.4, 0.5) is 0 Å². The molecule has 0 bridgehead atoms. The third-order valence-electron chi connectivity index (χ3n) is 0.947. The van der Waals surface area contributed by atoms with Gasteiger partial charge in [-0.3, -0.25) is 0 Å². The van der Waals surface area contributed by atoms with Crippen LogP contribution in [0.2, 0.25) is 0 Å². The summed E-state index contributed by atoms with van der Waals surface area (Å²) in [7, 11) is 0. The lowest BCUT2D eigenvalue weighted by atomic mass is 10.4. The molecular weight excluding hydrogens is 612 g/mol. The van der Waals surface area contributed by atoms with Crippen molar-refractivity contribution < 1.29 is 10.2 Å². The van der Waals surface area contributed by atoms with Crippen molar-refractivity contribution in [1.82, 2.24) is 0 Å². The first-order chi connectivity index (χ1) is 5.54. The third-order valence-corrected chi connectivity index (χ3v) is 8.18. The van der Waals surface area contributed by atoms with E-state index >= 15 is 0 Å². The number of aliphatic hydroxyl groups is 2. The average molecular weight is 618 g/mol. The van der Waals surface area contributed by atoms with Gasteiger partial charge in [0, 0.05) is 14.3 Å². The molecule has 0 aromatic rings. The molecule has 0 saturated carbocycles. The maximum absolute atomic E-state index is 8.85. The van der Waals surface area contributed by atoms with E-state index in [2.05, 4.69) is 90.4 Å². The fourth-order valence-corrected chi connectivity index (χ4v) is 2.94. The van der Waals surface area contributed by atoms with Gasteiger partial charge in [0.05, 0.1) is 13.2 Å². The summed E-state index contributed by atoms with van der Waals surface area (Å²) in [5, 5.41) is 17.7. The predicted molar refractivity (Wildman–Crippen MR) is 84.3 cm³/mol. The Morgan fingerprint density at radius 3 is 1.17 bits per heavy atom. The van der Waals surface area contributed by atoms with Gasteiger partial charge in [-0.25, -0.2) is 0 Å². The predicted octanol–water partition coefficient (Wildman–Crippen LogP) is 3.13. The molecule has 12 heavy (non-hydrogen) atoms. The number of halogens is 4. The lowest BCUT2D eigenvalue weighted by Gasteiger charge is -2.03. The van der Waals surface area contributed by atoms with Crippen LogP contribution < -0.4 is 0 Å². The second kappa shape index (κ2) is 7.59. The minimum Gasteiger partial charge on any atom is -0.391 e. The van der Waals surface area contributed by atoms with E-state index in [0.29, 0.717) is 0 Å². The average Bonchev–Trinajstić information content (AvgIpc) is 2.12. The van der Waals surface area contributed by atoms with Crippen LogP contribution in [-0.4, -0.2) is 23.4 Å². The van der Waals surface area contributed by atoms with E-state index in [0.717, 1.165) is 14.3 Å². The number of rotatable bonds is 3. The Bertz CT molecular complexity index is 198. The minimum atomic E-state index is 0.0562. The largest absolute Gasteiger partial charge is 0.391 e. The van der Waals surface area contributed by atoms with Gasteiger partial charge in [0.2, 0.25) is 0 Å². The molecule has 0 aromatic carbocycles. The molecule has 0 heterocycles. The molecule has 2 N–H and O–H groups in total. The summed E-state index contributed by atoms with van der Waals surface area (Å²) >= 11 is 8.52. The first-order valence-corrected chi connectivity index (χ1v) is 7.16. The molecule has 2 nitrogen and oxygen atoms in total. The topological polar surface area (TPSA) is 40.5 Å². The number of aliphatic hydroxyl groups excluding tert-OH is 2. The minimum absolute atomic E-state index is 0.0562. The van der Waals surface area contributed by atoms with Crippen LogP contribution in [0, 0.1) is 0 Å². The van der Waals surface area contributed by atoms with E-state index < -0.39 is 0 Å². The van der Waals surface area contributed by atoms with Gasteiger partial charge >= 0.3 is 0 Å². The van der Waals surface area contributed by atoms with Crippen LogP contribution >= 0.6 is 90.4 Å². The summed E-state index contributed by atoms with van der Waals surface area (Å²) in [5.74, 6) is 0. The summed E-state index contributed by atoms with van der Waals surface area (Å²) in [6, 6.07) is 0. The highest BCUT2D eigenvalue weighted by Gasteiger charge is 2.07. The summed E-state index contributed by atoms with van der Waals surface area (Å²) in [6.07, 6.45) is 0. The molecule has 0 aliphatic heterocycles. The van der Waals surface area contributed by atoms with Crippen LogP contribution in [-0.2, 0) is 0 Å². The van der Waals surface area contributed by atoms with Gasteiger partial charge in [-0.1, -0.05) is 0 Å². The molecule has 0 spiro atoms. The fourth-order valence-electron chi connectivity index (χ4n) is 0.377. The molecule has 0 radical (unpaired) electrons. The zero-order valence-electron chi connectivity index (χ0n) is 5.82. The number of allylic oxidation sites excluding steroid dienone is 2. The second-order valence-electron chi connectivity index (χ2n) is 1.75. The lowest BCUT2D eigenvalue weighted by molar-refractivity contribution is 0.339. The van der Waals surface area contributed by atoms with Gasteiger partial charge in [-0.2, -0.15) is 0 Å². The van der Waals surface area contributed by atoms with Gasteiger partial charge in [0.15, 0.2) is 0 Å². The van der Waals surface area contributed by atoms with Gasteiger partial charge in [-0.15, -0.1) is 0 Å². The summed E-state index contributed by atoms with van der Waals surface area (Å²) < 4.78 is 3.82. The molecule has 0 aliphatic rings. The van der Waals surface area contributed by atoms with Crippen molar-refractivity contribution in [3.8, 4) is 0 Å². The van der Waals surface area contributed by atoms with Gasteiger partial charge < -0.3 is 10.2 Å². The van der Waals surface area contributed by atoms with Crippen LogP contribution in [0.3, 0.4) is 0 Å². The lowest BCUT2D eigenvalue weighted by Crippen LogP contribution is -1.89. The molecule has 0 fully saturated rings. The second-order valence-corrected chi connectivity index (χ2v) is 6.52. The summed E-state index contributed by atoms with van der Waals surface area (Å²) in [5.41, 5.74) is 0. The van der Waals surface area contributed by atoms with Crippen molar-refractivity contribution in [1.29, 1.82) is 0 Å². The van der Waals surface area contributed by atoms with Crippen LogP contribution in [0.5, 0.6) is 0 Å². The Hall–Kier alpha value is 2.32. The summed E-state index contributed by atoms with van der Waals surface area (Å²) in [6.45, 7) is 0.112. The van der Waals surface area contributed by atoms with Crippen LogP contribution in [0.15, 0.2) is 14.3 Å². The van der Waals surface area contributed by atoms with E-state index in [-0.39, 0.29) is 13.2 Å². The van der Waals surface area contributed by atoms with Crippen LogP contribution in [0.1, 0.15) is 0 Å². The monoisotopic (exact) mass is 618 g/mol. The summed E-state index contributed by atoms with van der Waals surface area (Å²) in [4.78, 5) is 0. The van der Waals surface area contributed by atoms with E-state index in [1.165, 1.54) is 0 Å². The fraction of sp³-hybridized carbons (Fsp3) is 0.333. The molecule has 0 atom stereocenters. The molecule has 0 rings (SSSR count). The SMILES string of the molecule is OC/C(I)=C(I)\C(I)=C(\I)CO. The highest BCUT2D eigenvalue weighted by atomic mass is 127. The Labute approximate surface area is 126 Å². The molecule has 0 aromatic heterocycles. The zero-order chi connectivity index (χ0) is 9.72. The third kappa shape index (κ3) is 4.70. The Balaban J connectivity index is 4.82. The van der Waals surface area contributed by atoms with Crippen molar-refractivity contribution >= 4 is 90.4 Å². The molecule has 6 heteroatoms. The molecule has 0 aliphatic carbocycles. The smallest absolute Gasteiger partial charge is 0.0749 e. The first kappa shape index (κ1) is 14.3. The van der Waals surface area contributed by atoms with Crippen LogP contribution in [0.25, 0.3) is 0 Å². The molecular formula is C6H6I4O2. The Morgan fingerprint density at radius 2 is 1.00 bits per heavy atom. The normalized spacial score (nSPS) is 15.5. The molecule has 0 unspecified atom stereocenters. The first-order valence-electron chi connectivity index (χ1n) is 2.85. The maximum Gasteiger partial charge on any atom is 0.0749 e. The van der Waals surface area contributed by atoms with Gasteiger partial charge in [0.1, 0.15) is 0 Å². The van der Waals surface area contributed by atoms with E-state index in [4.69, 9.17) is 10.2 Å². The van der Waals surface area contributed by atoms with E-state index in [1.807, 2.05) is 0 Å². The molecule has 70 valence electrons. The molecule has 0 amide bonds. The number of hydrogen-bond acceptors (Lipinski definition) is 2.